The van der Waals surface area contributed by atoms with Crippen molar-refractivity contribution in [3.63, 3.8) is 0 Å². The minimum atomic E-state index is -0.912. The second-order valence-electron chi connectivity index (χ2n) is 5.44. The van der Waals surface area contributed by atoms with Crippen LogP contribution in [0.1, 0.15) is 42.5 Å². The summed E-state index contributed by atoms with van der Waals surface area (Å²) in [6.45, 7) is 0.929. The number of aromatic carboxylic acids is 1. The average molecular weight is 262 g/mol. The Kier molecular flexibility index (Phi) is 4.30. The lowest BCUT2D eigenvalue weighted by molar-refractivity contribution is 0.0697. The summed E-state index contributed by atoms with van der Waals surface area (Å²) >= 11 is 0. The molecule has 0 saturated heterocycles. The Bertz CT molecular complexity index is 453. The van der Waals surface area contributed by atoms with Crippen LogP contribution in [-0.4, -0.2) is 24.7 Å². The molecule has 0 atom stereocenters. The molecule has 0 unspecified atom stereocenters. The maximum Gasteiger partial charge on any atom is 0.335 e. The highest BCUT2D eigenvalue weighted by Gasteiger charge is 2.16. The minimum absolute atomic E-state index is 0.289. The van der Waals surface area contributed by atoms with E-state index in [-0.39, 0.29) is 5.56 Å². The van der Waals surface area contributed by atoms with E-state index in [9.17, 15) is 4.79 Å². The van der Waals surface area contributed by atoms with Gasteiger partial charge in [-0.25, -0.2) is 4.79 Å². The number of hydrogen-bond acceptors (Lipinski definition) is 3. The normalized spacial score (nSPS) is 15.6. The van der Waals surface area contributed by atoms with E-state index >= 15 is 0 Å². The van der Waals surface area contributed by atoms with Crippen molar-refractivity contribution >= 4 is 17.3 Å². The van der Waals surface area contributed by atoms with Crippen LogP contribution in [0.15, 0.2) is 18.2 Å². The van der Waals surface area contributed by atoms with Gasteiger partial charge in [0.05, 0.1) is 16.9 Å². The second-order valence-corrected chi connectivity index (χ2v) is 5.44. The maximum atomic E-state index is 11.0. The molecule has 0 amide bonds. The number of rotatable bonds is 5. The zero-order valence-corrected chi connectivity index (χ0v) is 11.4. The first kappa shape index (κ1) is 13.7. The zero-order chi connectivity index (χ0) is 13.8. The Balaban J connectivity index is 2.02. The molecule has 0 radical (unpaired) electrons. The van der Waals surface area contributed by atoms with Gasteiger partial charge in [0.1, 0.15) is 0 Å². The van der Waals surface area contributed by atoms with Gasteiger partial charge in [-0.1, -0.05) is 25.7 Å². The Morgan fingerprint density at radius 2 is 2.11 bits per heavy atom. The van der Waals surface area contributed by atoms with Crippen molar-refractivity contribution in [2.75, 3.05) is 24.2 Å². The van der Waals surface area contributed by atoms with E-state index in [0.717, 1.165) is 24.6 Å². The van der Waals surface area contributed by atoms with E-state index in [1.165, 1.54) is 25.7 Å². The highest BCUT2D eigenvalue weighted by atomic mass is 16.4. The summed E-state index contributed by atoms with van der Waals surface area (Å²) in [6.07, 6.45) is 6.53. The standard InChI is InChI=1S/C15H22N2O2/c1-17(9-8-11-4-2-3-5-11)14-10-12(15(18)19)6-7-13(14)16/h6-7,10-11H,2-5,8-9,16H2,1H3,(H,18,19). The Morgan fingerprint density at radius 1 is 1.42 bits per heavy atom. The maximum absolute atomic E-state index is 11.0. The van der Waals surface area contributed by atoms with Gasteiger partial charge in [0.25, 0.3) is 0 Å². The van der Waals surface area contributed by atoms with Crippen molar-refractivity contribution < 1.29 is 9.90 Å². The molecular formula is C15H22N2O2. The first-order chi connectivity index (χ1) is 9.08. The summed E-state index contributed by atoms with van der Waals surface area (Å²) < 4.78 is 0. The molecule has 0 spiro atoms. The van der Waals surface area contributed by atoms with Gasteiger partial charge in [-0.3, -0.25) is 0 Å². The number of hydrogen-bond donors (Lipinski definition) is 2. The Morgan fingerprint density at radius 3 is 2.74 bits per heavy atom. The lowest BCUT2D eigenvalue weighted by Gasteiger charge is -2.23. The monoisotopic (exact) mass is 262 g/mol. The highest BCUT2D eigenvalue weighted by Crippen LogP contribution is 2.29. The molecule has 4 nitrogen and oxygen atoms in total. The number of carboxylic acids is 1. The van der Waals surface area contributed by atoms with Crippen LogP contribution in [0, 0.1) is 5.92 Å². The first-order valence-corrected chi connectivity index (χ1v) is 6.92. The first-order valence-electron chi connectivity index (χ1n) is 6.92. The molecule has 0 heterocycles. The van der Waals surface area contributed by atoms with Crippen molar-refractivity contribution in [3.05, 3.63) is 23.8 Å². The number of carbonyl (C=O) groups is 1. The fourth-order valence-corrected chi connectivity index (χ4v) is 2.80. The summed E-state index contributed by atoms with van der Waals surface area (Å²) in [6, 6.07) is 4.88. The summed E-state index contributed by atoms with van der Waals surface area (Å²) in [7, 11) is 1.98. The van der Waals surface area contributed by atoms with Gasteiger partial charge in [-0.15, -0.1) is 0 Å². The van der Waals surface area contributed by atoms with E-state index in [1.807, 2.05) is 7.05 Å². The van der Waals surface area contributed by atoms with Gasteiger partial charge >= 0.3 is 5.97 Å². The zero-order valence-electron chi connectivity index (χ0n) is 11.4. The molecule has 19 heavy (non-hydrogen) atoms. The van der Waals surface area contributed by atoms with Crippen molar-refractivity contribution in [2.24, 2.45) is 5.92 Å². The van der Waals surface area contributed by atoms with Crippen molar-refractivity contribution in [3.8, 4) is 0 Å². The molecule has 1 aromatic carbocycles. The largest absolute Gasteiger partial charge is 0.478 e. The molecule has 1 fully saturated rings. The number of nitrogens with two attached hydrogens (primary N) is 1. The molecule has 3 N–H and O–H groups in total. The predicted octanol–water partition coefficient (Wildman–Crippen LogP) is 2.98. The van der Waals surface area contributed by atoms with Gasteiger partial charge in [-0.2, -0.15) is 0 Å². The van der Waals surface area contributed by atoms with Crippen LogP contribution in [0.25, 0.3) is 0 Å². The van der Waals surface area contributed by atoms with Gasteiger partial charge in [0.2, 0.25) is 0 Å². The lowest BCUT2D eigenvalue weighted by atomic mass is 10.0. The molecule has 0 aliphatic heterocycles. The van der Waals surface area contributed by atoms with E-state index < -0.39 is 5.97 Å². The fraction of sp³-hybridized carbons (Fsp3) is 0.533. The number of nitrogen functional groups attached to an aromatic ring is 1. The number of carboxylic acid groups (broad SMARTS) is 1. The van der Waals surface area contributed by atoms with E-state index in [0.29, 0.717) is 5.69 Å². The molecular weight excluding hydrogens is 240 g/mol. The molecule has 1 saturated carbocycles. The van der Waals surface area contributed by atoms with Gasteiger partial charge < -0.3 is 15.7 Å². The molecule has 0 aromatic heterocycles. The van der Waals surface area contributed by atoms with E-state index in [4.69, 9.17) is 10.8 Å². The molecule has 0 bridgehead atoms. The molecule has 1 aliphatic carbocycles. The summed E-state index contributed by atoms with van der Waals surface area (Å²) in [4.78, 5) is 13.1. The SMILES string of the molecule is CN(CCC1CCCC1)c1cc(C(=O)O)ccc1N. The van der Waals surface area contributed by atoms with Crippen LogP contribution >= 0.6 is 0 Å². The van der Waals surface area contributed by atoms with Crippen LogP contribution in [0.3, 0.4) is 0 Å². The van der Waals surface area contributed by atoms with Gasteiger partial charge in [0, 0.05) is 13.6 Å². The van der Waals surface area contributed by atoms with E-state index in [2.05, 4.69) is 4.90 Å². The third-order valence-corrected chi connectivity index (χ3v) is 4.04. The van der Waals surface area contributed by atoms with Crippen molar-refractivity contribution in [1.82, 2.24) is 0 Å². The van der Waals surface area contributed by atoms with Gasteiger partial charge in [-0.05, 0) is 30.5 Å². The van der Waals surface area contributed by atoms with Crippen molar-refractivity contribution in [1.29, 1.82) is 0 Å². The fourth-order valence-electron chi connectivity index (χ4n) is 2.80. The van der Waals surface area contributed by atoms with Crippen LogP contribution in [0.2, 0.25) is 0 Å². The predicted molar refractivity (Wildman–Crippen MR) is 77.7 cm³/mol. The summed E-state index contributed by atoms with van der Waals surface area (Å²) in [5, 5.41) is 9.03. The quantitative estimate of drug-likeness (QED) is 0.801. The highest BCUT2D eigenvalue weighted by molar-refractivity contribution is 5.90. The van der Waals surface area contributed by atoms with E-state index in [1.54, 1.807) is 18.2 Å². The van der Waals surface area contributed by atoms with Crippen LogP contribution in [0.5, 0.6) is 0 Å². The third kappa shape index (κ3) is 3.40. The summed E-state index contributed by atoms with van der Waals surface area (Å²) in [5.41, 5.74) is 7.68. The lowest BCUT2D eigenvalue weighted by Crippen LogP contribution is -2.22. The molecule has 1 aliphatic rings. The summed E-state index contributed by atoms with van der Waals surface area (Å²) in [5.74, 6) is -0.0863. The molecule has 104 valence electrons. The molecule has 2 rings (SSSR count). The second kappa shape index (κ2) is 5.95. The third-order valence-electron chi connectivity index (χ3n) is 4.04. The smallest absolute Gasteiger partial charge is 0.335 e. The number of benzene rings is 1. The van der Waals surface area contributed by atoms with Crippen LogP contribution in [-0.2, 0) is 0 Å². The molecule has 1 aromatic rings. The van der Waals surface area contributed by atoms with Crippen LogP contribution in [0.4, 0.5) is 11.4 Å². The Labute approximate surface area is 114 Å². The number of nitrogens with zero attached hydrogens (tertiary/aromatic N) is 1. The Hall–Kier alpha value is -1.71. The van der Waals surface area contributed by atoms with Crippen LogP contribution < -0.4 is 10.6 Å². The minimum Gasteiger partial charge on any atom is -0.478 e. The number of anilines is 2. The van der Waals surface area contributed by atoms with Crippen molar-refractivity contribution in [2.45, 2.75) is 32.1 Å². The van der Waals surface area contributed by atoms with Gasteiger partial charge in [0.15, 0.2) is 0 Å². The molecule has 4 heteroatoms. The average Bonchev–Trinajstić information content (AvgIpc) is 2.89. The topological polar surface area (TPSA) is 66.6 Å².